The van der Waals surface area contributed by atoms with E-state index in [2.05, 4.69) is 41.8 Å². The summed E-state index contributed by atoms with van der Waals surface area (Å²) in [5, 5.41) is 46.5. The van der Waals surface area contributed by atoms with Crippen LogP contribution in [0.3, 0.4) is 0 Å². The number of pyridine rings is 2. The van der Waals surface area contributed by atoms with Gasteiger partial charge in [0.2, 0.25) is 0 Å². The lowest BCUT2D eigenvalue weighted by molar-refractivity contribution is -0.175. The maximum Gasteiger partial charge on any atom is 0.306 e. The van der Waals surface area contributed by atoms with Gasteiger partial charge in [-0.1, -0.05) is 117 Å². The predicted octanol–water partition coefficient (Wildman–Crippen LogP) is 7.63. The van der Waals surface area contributed by atoms with Crippen molar-refractivity contribution in [2.45, 2.75) is 59.3 Å². The fourth-order valence-electron chi connectivity index (χ4n) is 11.6. The van der Waals surface area contributed by atoms with Crippen LogP contribution in [0, 0.1) is 11.8 Å². The van der Waals surface area contributed by atoms with Gasteiger partial charge in [-0.2, -0.15) is 0 Å². The molecule has 15 heteroatoms. The van der Waals surface area contributed by atoms with Gasteiger partial charge in [0.15, 0.2) is 22.4 Å². The first-order valence-electron chi connectivity index (χ1n) is 20.9. The van der Waals surface area contributed by atoms with Crippen molar-refractivity contribution in [2.75, 3.05) is 14.2 Å². The molecule has 3 aliphatic heterocycles. The molecule has 0 bridgehead atoms. The number of aliphatic hydroxyl groups excluding tert-OH is 1. The number of aliphatic carboxylic acids is 1. The number of esters is 1. The smallest absolute Gasteiger partial charge is 0.306 e. The van der Waals surface area contributed by atoms with Crippen LogP contribution in [-0.4, -0.2) is 68.8 Å². The third kappa shape index (κ3) is 6.05. The van der Waals surface area contributed by atoms with E-state index in [1.165, 1.54) is 26.6 Å². The zero-order valence-corrected chi connectivity index (χ0v) is 38.0. The Morgan fingerprint density at radius 3 is 1.63 bits per heavy atom. The highest BCUT2D eigenvalue weighted by Gasteiger charge is 2.80. The normalized spacial score (nSPS) is 30.8. The van der Waals surface area contributed by atoms with E-state index in [1.807, 2.05) is 109 Å². The predicted molar refractivity (Wildman–Crippen MR) is 240 cm³/mol. The Morgan fingerprint density at radius 2 is 1.15 bits per heavy atom. The number of benzene rings is 4. The van der Waals surface area contributed by atoms with Crippen LogP contribution in [-0.2, 0) is 36.7 Å². The van der Waals surface area contributed by atoms with Gasteiger partial charge in [0, 0.05) is 32.6 Å². The van der Waals surface area contributed by atoms with E-state index in [9.17, 15) is 30.0 Å². The number of halogens is 2. The van der Waals surface area contributed by atoms with Crippen LogP contribution in [0.25, 0.3) is 0 Å². The molecule has 4 N–H and O–H groups in total. The first-order valence-corrected chi connectivity index (χ1v) is 22.5. The van der Waals surface area contributed by atoms with E-state index in [4.69, 9.17) is 23.7 Å². The zero-order valence-electron chi connectivity index (χ0n) is 34.9. The molecule has 3 fully saturated rings. The minimum atomic E-state index is -1.99. The third-order valence-corrected chi connectivity index (χ3v) is 15.0. The van der Waals surface area contributed by atoms with Crippen molar-refractivity contribution in [2.24, 2.45) is 11.8 Å². The van der Waals surface area contributed by atoms with E-state index in [-0.39, 0.29) is 47.7 Å². The topological polar surface area (TPSA) is 187 Å². The maximum atomic E-state index is 12.7. The second-order valence-electron chi connectivity index (χ2n) is 16.9. The monoisotopic (exact) mass is 1000 g/mol. The molecule has 4 aromatic carbocycles. The number of hydrogen-bond acceptors (Lipinski definition) is 12. The van der Waals surface area contributed by atoms with Gasteiger partial charge in [0.05, 0.1) is 69.1 Å². The first-order chi connectivity index (χ1) is 31.3. The van der Waals surface area contributed by atoms with Gasteiger partial charge in [-0.3, -0.25) is 19.6 Å². The van der Waals surface area contributed by atoms with Gasteiger partial charge in [-0.15, -0.1) is 0 Å². The summed E-state index contributed by atoms with van der Waals surface area (Å²) in [5.74, 6) is -2.16. The van der Waals surface area contributed by atoms with E-state index in [0.717, 1.165) is 25.6 Å². The van der Waals surface area contributed by atoms with Crippen LogP contribution in [0.5, 0.6) is 23.0 Å². The summed E-state index contributed by atoms with van der Waals surface area (Å²) in [6, 6.07) is 34.2. The lowest BCUT2D eigenvalue weighted by atomic mass is 9.70. The second-order valence-corrected chi connectivity index (χ2v) is 18.7. The third-order valence-electron chi connectivity index (χ3n) is 13.9. The highest BCUT2D eigenvalue weighted by Crippen LogP contribution is 2.73. The molecule has 13 nitrogen and oxygen atoms in total. The van der Waals surface area contributed by atoms with Crippen LogP contribution in [0.1, 0.15) is 58.1 Å². The number of nitrogens with zero attached hydrogens (tertiary/aromatic N) is 2. The molecule has 2 aliphatic carbocycles. The molecule has 0 amide bonds. The molecule has 5 heterocycles. The van der Waals surface area contributed by atoms with Gasteiger partial charge in [0.25, 0.3) is 0 Å². The SMILES string of the molecule is COc1cncc2c1[C@]1(O)[C@@H]3OC(=O)C[C@@H]3[C@@H](c3ccccc3)[C@]1(c1ccc(Br)cc1)O2.COc1cncc2c1[C@]1(O)[C@H](O)[C@H](CC(=O)O)[C@@H](c3ccccc3)[C@]1(c1ccc(Br)cc1)O2. The number of carboxylic acid groups (broad SMARTS) is 1. The van der Waals surface area contributed by atoms with Gasteiger partial charge < -0.3 is 44.1 Å². The standard InChI is InChI=1S/C25H22BrNO6.C25H20BrNO5/c1-32-18-12-27-13-19-22(18)24(31)23(30)17(11-20(28)29)21(14-5-3-2-4-6-14)25(24,33-19)15-7-9-16(26)10-8-15;1-30-18-12-27-13-19-22(18)24(29)23-17(11-20(28)31-23)21(14-5-3-2-4-6-14)25(24,32-19)15-7-9-16(26)10-8-15/h2-10,12-13,17,21,23,30-31H,11H2,1H3,(H,28,29);2-10,12-13,17,21,23,29H,11H2,1H3/t2*17-,21-,23-,24+,25+/m11/s1. The van der Waals surface area contributed by atoms with Crippen LogP contribution in [0.2, 0.25) is 0 Å². The number of aromatic nitrogens is 2. The molecule has 0 radical (unpaired) electrons. The molecule has 65 heavy (non-hydrogen) atoms. The van der Waals surface area contributed by atoms with Crippen molar-refractivity contribution in [3.63, 3.8) is 0 Å². The molecule has 2 saturated carbocycles. The minimum Gasteiger partial charge on any atom is -0.495 e. The number of carbonyl (C=O) groups is 2. The summed E-state index contributed by atoms with van der Waals surface area (Å²) in [5.41, 5.74) is -2.55. The molecular formula is C50H42Br2N2O11. The average molecular weight is 1010 g/mol. The van der Waals surface area contributed by atoms with E-state index in [1.54, 1.807) is 12.4 Å². The van der Waals surface area contributed by atoms with E-state index >= 15 is 0 Å². The summed E-state index contributed by atoms with van der Waals surface area (Å²) in [6.45, 7) is 0. The number of aliphatic hydroxyl groups is 3. The number of methoxy groups -OCH3 is 2. The Balaban J connectivity index is 0.000000153. The van der Waals surface area contributed by atoms with Crippen molar-refractivity contribution in [1.82, 2.24) is 9.97 Å². The molecule has 2 aromatic heterocycles. The van der Waals surface area contributed by atoms with Crippen molar-refractivity contribution in [3.8, 4) is 23.0 Å². The van der Waals surface area contributed by atoms with Crippen molar-refractivity contribution in [3.05, 3.63) is 176 Å². The molecule has 0 spiro atoms. The molecule has 332 valence electrons. The highest BCUT2D eigenvalue weighted by atomic mass is 79.9. The average Bonchev–Trinajstić information content (AvgIpc) is 4.01. The van der Waals surface area contributed by atoms with Crippen LogP contribution >= 0.6 is 31.9 Å². The Kier molecular flexibility index (Phi) is 10.6. The number of hydrogen-bond donors (Lipinski definition) is 4. The lowest BCUT2D eigenvalue weighted by Gasteiger charge is -2.41. The van der Waals surface area contributed by atoms with E-state index < -0.39 is 52.4 Å². The van der Waals surface area contributed by atoms with E-state index in [0.29, 0.717) is 22.6 Å². The fourth-order valence-corrected chi connectivity index (χ4v) is 12.2. The van der Waals surface area contributed by atoms with Crippen molar-refractivity contribution >= 4 is 43.8 Å². The van der Waals surface area contributed by atoms with Crippen molar-refractivity contribution in [1.29, 1.82) is 0 Å². The molecule has 10 atom stereocenters. The summed E-state index contributed by atoms with van der Waals surface area (Å²) in [4.78, 5) is 32.8. The number of rotatable bonds is 8. The number of carboxylic acids is 1. The van der Waals surface area contributed by atoms with Crippen LogP contribution in [0.4, 0.5) is 0 Å². The lowest BCUT2D eigenvalue weighted by Crippen LogP contribution is -2.52. The summed E-state index contributed by atoms with van der Waals surface area (Å²) < 4.78 is 32.0. The van der Waals surface area contributed by atoms with Crippen LogP contribution in [0.15, 0.2) is 143 Å². The first kappa shape index (κ1) is 43.1. The fraction of sp³-hybridized carbons (Fsp3) is 0.280. The Bertz CT molecular complexity index is 2800. The number of ether oxygens (including phenoxy) is 5. The highest BCUT2D eigenvalue weighted by molar-refractivity contribution is 9.10. The number of fused-ring (bicyclic) bond motifs is 8. The maximum absolute atomic E-state index is 12.7. The van der Waals surface area contributed by atoms with Gasteiger partial charge >= 0.3 is 11.9 Å². The van der Waals surface area contributed by atoms with Crippen LogP contribution < -0.4 is 18.9 Å². The van der Waals surface area contributed by atoms with Crippen molar-refractivity contribution < 1.29 is 53.7 Å². The summed E-state index contributed by atoms with van der Waals surface area (Å²) >= 11 is 6.95. The Hall–Kier alpha value is -5.84. The molecule has 1 saturated heterocycles. The molecule has 5 aliphatic rings. The molecule has 11 rings (SSSR count). The molecular weight excluding hydrogens is 964 g/mol. The second kappa shape index (κ2) is 15.9. The zero-order chi connectivity index (χ0) is 45.5. The Morgan fingerprint density at radius 1 is 0.692 bits per heavy atom. The minimum absolute atomic E-state index is 0.205. The Labute approximate surface area is 390 Å². The quantitative estimate of drug-likeness (QED) is 0.109. The largest absolute Gasteiger partial charge is 0.495 e. The number of carbonyl (C=O) groups excluding carboxylic acids is 1. The summed E-state index contributed by atoms with van der Waals surface area (Å²) in [6.07, 6.45) is 3.68. The van der Waals surface area contributed by atoms with Gasteiger partial charge in [-0.25, -0.2) is 0 Å². The van der Waals surface area contributed by atoms with Gasteiger partial charge in [0.1, 0.15) is 29.1 Å². The van der Waals surface area contributed by atoms with Gasteiger partial charge in [-0.05, 0) is 46.5 Å². The molecule has 6 aromatic rings. The molecule has 0 unspecified atom stereocenters. The summed E-state index contributed by atoms with van der Waals surface area (Å²) in [7, 11) is 2.98.